The van der Waals surface area contributed by atoms with Gasteiger partial charge in [-0.05, 0) is 40.2 Å². The molecule has 94 valence electrons. The Morgan fingerprint density at radius 3 is 2.35 bits per heavy atom. The van der Waals surface area contributed by atoms with Crippen molar-refractivity contribution in [2.75, 3.05) is 0 Å². The van der Waals surface area contributed by atoms with Crippen molar-refractivity contribution >= 4 is 6.09 Å². The van der Waals surface area contributed by atoms with Gasteiger partial charge in [-0.25, -0.2) is 4.79 Å². The van der Waals surface area contributed by atoms with Gasteiger partial charge in [0.2, 0.25) is 0 Å². The second-order valence-corrected chi connectivity index (χ2v) is 5.41. The van der Waals surface area contributed by atoms with Crippen LogP contribution in [0.1, 0.15) is 44.9 Å². The molecular formula is C14H21NO2. The van der Waals surface area contributed by atoms with E-state index in [4.69, 9.17) is 0 Å². The molecule has 1 amide bonds. The molecule has 0 saturated carbocycles. The van der Waals surface area contributed by atoms with Gasteiger partial charge in [0.25, 0.3) is 0 Å². The van der Waals surface area contributed by atoms with Crippen molar-refractivity contribution in [2.24, 2.45) is 0 Å². The summed E-state index contributed by atoms with van der Waals surface area (Å²) in [7, 11) is 0. The Kier molecular flexibility index (Phi) is 3.81. The molecule has 0 aromatic heterocycles. The molecule has 17 heavy (non-hydrogen) atoms. The minimum atomic E-state index is -0.883. The number of aryl methyl sites for hydroxylation is 1. The third kappa shape index (κ3) is 3.22. The van der Waals surface area contributed by atoms with E-state index in [9.17, 15) is 9.90 Å². The van der Waals surface area contributed by atoms with Gasteiger partial charge < -0.3 is 5.11 Å². The lowest BCUT2D eigenvalue weighted by molar-refractivity contribution is 0.0753. The fraction of sp³-hybridized carbons (Fsp3) is 0.500. The average molecular weight is 235 g/mol. The molecule has 0 fully saturated rings. The highest BCUT2D eigenvalue weighted by molar-refractivity contribution is 5.66. The molecule has 1 aromatic rings. The molecule has 1 N–H and O–H groups in total. The standard InChI is InChI=1S/C14H21NO2/c1-10-7-6-8-12(9-10)11(2)15(13(16)17)14(3,4)5/h6-9,11H,1-5H3,(H,16,17). The molecule has 3 heteroatoms. The minimum absolute atomic E-state index is 0.146. The van der Waals surface area contributed by atoms with Gasteiger partial charge in [0.05, 0.1) is 6.04 Å². The van der Waals surface area contributed by atoms with E-state index in [0.29, 0.717) is 0 Å². The lowest BCUT2D eigenvalue weighted by Crippen LogP contribution is -2.46. The van der Waals surface area contributed by atoms with Crippen molar-refractivity contribution in [3.05, 3.63) is 35.4 Å². The molecule has 0 radical (unpaired) electrons. The summed E-state index contributed by atoms with van der Waals surface area (Å²) in [6.45, 7) is 9.67. The zero-order valence-electron chi connectivity index (χ0n) is 11.2. The molecule has 0 heterocycles. The first-order valence-corrected chi connectivity index (χ1v) is 5.82. The molecular weight excluding hydrogens is 214 g/mol. The lowest BCUT2D eigenvalue weighted by atomic mass is 9.98. The largest absolute Gasteiger partial charge is 0.465 e. The summed E-state index contributed by atoms with van der Waals surface area (Å²) in [4.78, 5) is 12.9. The second-order valence-electron chi connectivity index (χ2n) is 5.41. The molecule has 0 aliphatic carbocycles. The molecule has 0 aliphatic heterocycles. The molecule has 1 atom stereocenters. The highest BCUT2D eigenvalue weighted by atomic mass is 16.4. The van der Waals surface area contributed by atoms with Gasteiger partial charge in [-0.1, -0.05) is 29.8 Å². The van der Waals surface area contributed by atoms with E-state index in [0.717, 1.165) is 11.1 Å². The van der Waals surface area contributed by atoms with Crippen LogP contribution in [0.25, 0.3) is 0 Å². The summed E-state index contributed by atoms with van der Waals surface area (Å²) in [5.41, 5.74) is 1.77. The fourth-order valence-corrected chi connectivity index (χ4v) is 2.11. The molecule has 0 aliphatic rings. The van der Waals surface area contributed by atoms with Crippen LogP contribution in [-0.4, -0.2) is 21.6 Å². The third-order valence-corrected chi connectivity index (χ3v) is 2.84. The van der Waals surface area contributed by atoms with Crippen molar-refractivity contribution in [1.29, 1.82) is 0 Å². The number of rotatable bonds is 2. The van der Waals surface area contributed by atoms with Crippen molar-refractivity contribution in [2.45, 2.75) is 46.2 Å². The van der Waals surface area contributed by atoms with E-state index in [1.54, 1.807) is 0 Å². The topological polar surface area (TPSA) is 40.5 Å². The van der Waals surface area contributed by atoms with Crippen molar-refractivity contribution < 1.29 is 9.90 Å². The quantitative estimate of drug-likeness (QED) is 0.846. The first kappa shape index (κ1) is 13.6. The number of amides is 1. The Hall–Kier alpha value is -1.51. The van der Waals surface area contributed by atoms with E-state index in [1.165, 1.54) is 4.90 Å². The van der Waals surface area contributed by atoms with Gasteiger partial charge in [0, 0.05) is 5.54 Å². The number of hydrogen-bond donors (Lipinski definition) is 1. The maximum absolute atomic E-state index is 11.4. The second kappa shape index (κ2) is 4.78. The van der Waals surface area contributed by atoms with Crippen LogP contribution < -0.4 is 0 Å². The van der Waals surface area contributed by atoms with E-state index in [-0.39, 0.29) is 6.04 Å². The highest BCUT2D eigenvalue weighted by Crippen LogP contribution is 2.28. The summed E-state index contributed by atoms with van der Waals surface area (Å²) in [5.74, 6) is 0. The summed E-state index contributed by atoms with van der Waals surface area (Å²) >= 11 is 0. The van der Waals surface area contributed by atoms with E-state index < -0.39 is 11.6 Å². The van der Waals surface area contributed by atoms with E-state index >= 15 is 0 Å². The molecule has 0 spiro atoms. The van der Waals surface area contributed by atoms with E-state index in [2.05, 4.69) is 0 Å². The van der Waals surface area contributed by atoms with Crippen LogP contribution in [-0.2, 0) is 0 Å². The van der Waals surface area contributed by atoms with Crippen molar-refractivity contribution in [1.82, 2.24) is 4.90 Å². The van der Waals surface area contributed by atoms with Gasteiger partial charge in [-0.3, -0.25) is 4.90 Å². The maximum atomic E-state index is 11.4. The van der Waals surface area contributed by atoms with Crippen LogP contribution in [0.3, 0.4) is 0 Å². The van der Waals surface area contributed by atoms with Crippen molar-refractivity contribution in [3.8, 4) is 0 Å². The summed E-state index contributed by atoms with van der Waals surface area (Å²) in [6.07, 6.45) is -0.883. The minimum Gasteiger partial charge on any atom is -0.465 e. The Labute approximate surface area is 103 Å². The molecule has 0 saturated heterocycles. The van der Waals surface area contributed by atoms with Crippen LogP contribution >= 0.6 is 0 Å². The first-order chi connectivity index (χ1) is 7.73. The number of carbonyl (C=O) groups is 1. The molecule has 1 unspecified atom stereocenters. The molecule has 1 aromatic carbocycles. The normalized spacial score (nSPS) is 13.2. The lowest BCUT2D eigenvalue weighted by Gasteiger charge is -2.38. The Bertz CT molecular complexity index is 407. The average Bonchev–Trinajstić information content (AvgIpc) is 2.14. The van der Waals surface area contributed by atoms with Crippen LogP contribution in [0.15, 0.2) is 24.3 Å². The monoisotopic (exact) mass is 235 g/mol. The highest BCUT2D eigenvalue weighted by Gasteiger charge is 2.31. The Morgan fingerprint density at radius 2 is 1.94 bits per heavy atom. The summed E-state index contributed by atoms with van der Waals surface area (Å²) < 4.78 is 0. The fourth-order valence-electron chi connectivity index (χ4n) is 2.11. The number of nitrogens with zero attached hydrogens (tertiary/aromatic N) is 1. The predicted molar refractivity (Wildman–Crippen MR) is 69.2 cm³/mol. The number of benzene rings is 1. The Morgan fingerprint density at radius 1 is 1.35 bits per heavy atom. The number of carboxylic acid groups (broad SMARTS) is 1. The third-order valence-electron chi connectivity index (χ3n) is 2.84. The zero-order valence-corrected chi connectivity index (χ0v) is 11.2. The van der Waals surface area contributed by atoms with Crippen LogP contribution in [0.2, 0.25) is 0 Å². The maximum Gasteiger partial charge on any atom is 0.408 e. The summed E-state index contributed by atoms with van der Waals surface area (Å²) in [6, 6.07) is 7.83. The Balaban J connectivity index is 3.09. The first-order valence-electron chi connectivity index (χ1n) is 5.82. The van der Waals surface area contributed by atoms with Gasteiger partial charge in [-0.15, -0.1) is 0 Å². The summed E-state index contributed by atoms with van der Waals surface area (Å²) in [5, 5.41) is 9.34. The van der Waals surface area contributed by atoms with Crippen LogP contribution in [0, 0.1) is 6.92 Å². The smallest absolute Gasteiger partial charge is 0.408 e. The predicted octanol–water partition coefficient (Wildman–Crippen LogP) is 3.83. The van der Waals surface area contributed by atoms with Crippen molar-refractivity contribution in [3.63, 3.8) is 0 Å². The SMILES string of the molecule is Cc1cccc(C(C)N(C(=O)O)C(C)(C)C)c1. The zero-order chi connectivity index (χ0) is 13.2. The van der Waals surface area contributed by atoms with Gasteiger partial charge in [0.1, 0.15) is 0 Å². The van der Waals surface area contributed by atoms with Crippen LogP contribution in [0.4, 0.5) is 4.79 Å². The van der Waals surface area contributed by atoms with Crippen LogP contribution in [0.5, 0.6) is 0 Å². The van der Waals surface area contributed by atoms with Gasteiger partial charge in [0.15, 0.2) is 0 Å². The van der Waals surface area contributed by atoms with Gasteiger partial charge in [-0.2, -0.15) is 0 Å². The van der Waals surface area contributed by atoms with E-state index in [1.807, 2.05) is 58.9 Å². The molecule has 3 nitrogen and oxygen atoms in total. The molecule has 0 bridgehead atoms. The van der Waals surface area contributed by atoms with Gasteiger partial charge >= 0.3 is 6.09 Å². The molecule has 1 rings (SSSR count). The number of hydrogen-bond acceptors (Lipinski definition) is 1.